The molecule has 1 N–H and O–H groups in total. The second kappa shape index (κ2) is 6.59. The molecule has 0 aliphatic heterocycles. The van der Waals surface area contributed by atoms with Crippen LogP contribution in [0.3, 0.4) is 0 Å². The van der Waals surface area contributed by atoms with Gasteiger partial charge in [0, 0.05) is 0 Å². The largest absolute Gasteiger partial charge is 0.494 e. The molecule has 2 aromatic rings. The van der Waals surface area contributed by atoms with Crippen molar-refractivity contribution in [3.63, 3.8) is 0 Å². The van der Waals surface area contributed by atoms with E-state index in [2.05, 4.69) is 10.5 Å². The SMILES string of the molecule is COc1c(Cl)cc(/C=N/Nc2ccc(F)cc2)cc1Cl. The average Bonchev–Trinajstić information content (AvgIpc) is 2.41. The molecule has 3 nitrogen and oxygen atoms in total. The minimum absolute atomic E-state index is 0.298. The zero-order chi connectivity index (χ0) is 14.5. The van der Waals surface area contributed by atoms with Crippen LogP contribution in [0.1, 0.15) is 5.56 Å². The molecule has 0 saturated carbocycles. The van der Waals surface area contributed by atoms with Gasteiger partial charge in [-0.25, -0.2) is 4.39 Å². The average molecular weight is 313 g/mol. The number of hydrogen-bond donors (Lipinski definition) is 1. The lowest BCUT2D eigenvalue weighted by Gasteiger charge is -2.06. The third kappa shape index (κ3) is 3.62. The molecule has 20 heavy (non-hydrogen) atoms. The summed E-state index contributed by atoms with van der Waals surface area (Å²) < 4.78 is 17.8. The lowest BCUT2D eigenvalue weighted by Crippen LogP contribution is -1.92. The smallest absolute Gasteiger partial charge is 0.156 e. The quantitative estimate of drug-likeness (QED) is 0.662. The van der Waals surface area contributed by atoms with E-state index < -0.39 is 0 Å². The summed E-state index contributed by atoms with van der Waals surface area (Å²) in [5, 5.41) is 4.84. The summed E-state index contributed by atoms with van der Waals surface area (Å²) in [4.78, 5) is 0. The molecule has 0 radical (unpaired) electrons. The Morgan fingerprint density at radius 1 is 1.15 bits per heavy atom. The van der Waals surface area contributed by atoms with Gasteiger partial charge < -0.3 is 4.74 Å². The van der Waals surface area contributed by atoms with Crippen molar-refractivity contribution < 1.29 is 9.13 Å². The molecule has 0 aromatic heterocycles. The molecule has 0 aliphatic rings. The van der Waals surface area contributed by atoms with Gasteiger partial charge in [0.2, 0.25) is 0 Å². The van der Waals surface area contributed by atoms with Gasteiger partial charge in [0.1, 0.15) is 5.82 Å². The molecule has 0 spiro atoms. The maximum Gasteiger partial charge on any atom is 0.156 e. The highest BCUT2D eigenvalue weighted by molar-refractivity contribution is 6.37. The number of nitrogens with zero attached hydrogens (tertiary/aromatic N) is 1. The predicted octanol–water partition coefficient (Wildman–Crippen LogP) is 4.59. The molecule has 104 valence electrons. The van der Waals surface area contributed by atoms with Crippen molar-refractivity contribution >= 4 is 35.1 Å². The van der Waals surface area contributed by atoms with E-state index >= 15 is 0 Å². The monoisotopic (exact) mass is 312 g/mol. The number of halogens is 3. The predicted molar refractivity (Wildman–Crippen MR) is 80.6 cm³/mol. The summed E-state index contributed by atoms with van der Waals surface area (Å²) in [6.45, 7) is 0. The van der Waals surface area contributed by atoms with E-state index in [1.165, 1.54) is 19.2 Å². The second-order valence-electron chi connectivity index (χ2n) is 3.89. The van der Waals surface area contributed by atoms with Crippen molar-refractivity contribution in [2.45, 2.75) is 0 Å². The fourth-order valence-corrected chi connectivity index (χ4v) is 2.21. The van der Waals surface area contributed by atoms with Gasteiger partial charge in [0.25, 0.3) is 0 Å². The van der Waals surface area contributed by atoms with E-state index in [1.807, 2.05) is 0 Å². The van der Waals surface area contributed by atoms with Crippen molar-refractivity contribution in [3.05, 3.63) is 57.8 Å². The Kier molecular flexibility index (Phi) is 4.82. The molecule has 0 bridgehead atoms. The Labute approximate surface area is 126 Å². The number of rotatable bonds is 4. The normalized spacial score (nSPS) is 10.8. The van der Waals surface area contributed by atoms with Crippen LogP contribution < -0.4 is 10.2 Å². The molecule has 0 saturated heterocycles. The number of methoxy groups -OCH3 is 1. The van der Waals surface area contributed by atoms with Crippen LogP contribution >= 0.6 is 23.2 Å². The van der Waals surface area contributed by atoms with Crippen molar-refractivity contribution in [2.24, 2.45) is 5.10 Å². The van der Waals surface area contributed by atoms with Crippen LogP contribution in [0.25, 0.3) is 0 Å². The summed E-state index contributed by atoms with van der Waals surface area (Å²) in [7, 11) is 1.50. The van der Waals surface area contributed by atoms with Crippen LogP contribution in [0, 0.1) is 5.82 Å². The Balaban J connectivity index is 2.10. The van der Waals surface area contributed by atoms with Crippen molar-refractivity contribution in [1.29, 1.82) is 0 Å². The summed E-state index contributed by atoms with van der Waals surface area (Å²) >= 11 is 12.0. The first-order chi connectivity index (χ1) is 9.60. The molecular weight excluding hydrogens is 302 g/mol. The molecule has 2 rings (SSSR count). The van der Waals surface area contributed by atoms with Gasteiger partial charge in [0.15, 0.2) is 5.75 Å². The number of nitrogens with one attached hydrogen (secondary N) is 1. The van der Waals surface area contributed by atoms with E-state index in [1.54, 1.807) is 30.5 Å². The van der Waals surface area contributed by atoms with Crippen LogP contribution in [0.2, 0.25) is 10.0 Å². The lowest BCUT2D eigenvalue weighted by molar-refractivity contribution is 0.415. The standard InChI is InChI=1S/C14H11Cl2FN2O/c1-20-14-12(15)6-9(7-13(14)16)8-18-19-11-4-2-10(17)3-5-11/h2-8,19H,1H3/b18-8+. The minimum Gasteiger partial charge on any atom is -0.494 e. The summed E-state index contributed by atoms with van der Waals surface area (Å²) in [5.41, 5.74) is 4.17. The first kappa shape index (κ1) is 14.6. The van der Waals surface area contributed by atoms with Gasteiger partial charge in [-0.05, 0) is 42.0 Å². The highest BCUT2D eigenvalue weighted by atomic mass is 35.5. The fourth-order valence-electron chi connectivity index (χ4n) is 1.55. The number of benzene rings is 2. The highest BCUT2D eigenvalue weighted by Crippen LogP contribution is 2.33. The zero-order valence-electron chi connectivity index (χ0n) is 10.5. The first-order valence-electron chi connectivity index (χ1n) is 5.68. The van der Waals surface area contributed by atoms with Crippen LogP contribution in [0.15, 0.2) is 41.5 Å². The molecule has 0 fully saturated rings. The Hall–Kier alpha value is -1.78. The molecule has 0 amide bonds. The second-order valence-corrected chi connectivity index (χ2v) is 4.71. The minimum atomic E-state index is -0.298. The number of hydrogen-bond acceptors (Lipinski definition) is 3. The van der Waals surface area contributed by atoms with Crippen molar-refractivity contribution in [3.8, 4) is 5.75 Å². The van der Waals surface area contributed by atoms with Gasteiger partial charge in [-0.15, -0.1) is 0 Å². The van der Waals surface area contributed by atoms with Gasteiger partial charge in [-0.3, -0.25) is 5.43 Å². The van der Waals surface area contributed by atoms with Crippen LogP contribution in [0.4, 0.5) is 10.1 Å². The molecular formula is C14H11Cl2FN2O. The molecule has 6 heteroatoms. The lowest BCUT2D eigenvalue weighted by atomic mass is 10.2. The van der Waals surface area contributed by atoms with Gasteiger partial charge in [-0.1, -0.05) is 23.2 Å². The number of anilines is 1. The van der Waals surface area contributed by atoms with Gasteiger partial charge in [0.05, 0.1) is 29.1 Å². The molecule has 0 atom stereocenters. The van der Waals surface area contributed by atoms with Crippen LogP contribution in [0.5, 0.6) is 5.75 Å². The summed E-state index contributed by atoms with van der Waals surface area (Å²) in [6.07, 6.45) is 1.56. The first-order valence-corrected chi connectivity index (χ1v) is 6.43. The van der Waals surface area contributed by atoms with Gasteiger partial charge >= 0.3 is 0 Å². The van der Waals surface area contributed by atoms with Crippen LogP contribution in [-0.2, 0) is 0 Å². The third-order valence-electron chi connectivity index (χ3n) is 2.48. The van der Waals surface area contributed by atoms with E-state index in [0.717, 1.165) is 5.56 Å². The van der Waals surface area contributed by atoms with E-state index in [0.29, 0.717) is 21.5 Å². The maximum absolute atomic E-state index is 12.7. The van der Waals surface area contributed by atoms with Gasteiger partial charge in [-0.2, -0.15) is 5.10 Å². The van der Waals surface area contributed by atoms with E-state index in [-0.39, 0.29) is 5.82 Å². The van der Waals surface area contributed by atoms with E-state index in [4.69, 9.17) is 27.9 Å². The topological polar surface area (TPSA) is 33.6 Å². The molecule has 2 aromatic carbocycles. The zero-order valence-corrected chi connectivity index (χ0v) is 12.0. The highest BCUT2D eigenvalue weighted by Gasteiger charge is 2.07. The Bertz CT molecular complexity index is 607. The maximum atomic E-state index is 12.7. The number of hydrazone groups is 1. The van der Waals surface area contributed by atoms with Crippen molar-refractivity contribution in [2.75, 3.05) is 12.5 Å². The summed E-state index contributed by atoms with van der Waals surface area (Å²) in [5.74, 6) is 0.130. The molecule has 0 heterocycles. The third-order valence-corrected chi connectivity index (χ3v) is 3.04. The Morgan fingerprint density at radius 2 is 1.75 bits per heavy atom. The number of ether oxygens (including phenoxy) is 1. The van der Waals surface area contributed by atoms with Crippen molar-refractivity contribution in [1.82, 2.24) is 0 Å². The Morgan fingerprint density at radius 3 is 2.30 bits per heavy atom. The fraction of sp³-hybridized carbons (Fsp3) is 0.0714. The van der Waals surface area contributed by atoms with Crippen LogP contribution in [-0.4, -0.2) is 13.3 Å². The summed E-state index contributed by atoms with van der Waals surface area (Å²) in [6, 6.07) is 9.23. The van der Waals surface area contributed by atoms with E-state index in [9.17, 15) is 4.39 Å². The molecule has 0 aliphatic carbocycles. The molecule has 0 unspecified atom stereocenters.